The molecule has 0 fully saturated rings. The number of nitrogens with zero attached hydrogens (tertiary/aromatic N) is 3. The van der Waals surface area contributed by atoms with Crippen molar-refractivity contribution in [1.82, 2.24) is 19.1 Å². The first-order valence-corrected chi connectivity index (χ1v) is 3.49. The van der Waals surface area contributed by atoms with Crippen LogP contribution >= 0.6 is 0 Å². The summed E-state index contributed by atoms with van der Waals surface area (Å²) >= 11 is 0. The Kier molecular flexibility index (Phi) is 0.892. The van der Waals surface area contributed by atoms with Crippen LogP contribution in [0.5, 0.6) is 0 Å². The Bertz CT molecular complexity index is 663. The number of fused-ring (bicyclic) bond motifs is 1. The molecule has 0 aliphatic heterocycles. The molecule has 0 aromatic carbocycles. The van der Waals surface area contributed by atoms with Crippen molar-refractivity contribution in [3.05, 3.63) is 27.2 Å². The van der Waals surface area contributed by atoms with E-state index < -0.39 is 18.2 Å². The fourth-order valence-electron chi connectivity index (χ4n) is 1.13. The molecule has 6 heteroatoms. The quantitative estimate of drug-likeness (QED) is 0.567. The number of rotatable bonds is 0. The fraction of sp³-hybridized carbons (Fsp3) is 0.286. The smallest absolute Gasteiger partial charge is 0.328 e. The molecule has 68 valence electrons. The topological polar surface area (TPSA) is 72.7 Å². The molecule has 0 amide bonds. The van der Waals surface area contributed by atoms with E-state index in [1.807, 2.05) is 0 Å². The fourth-order valence-corrected chi connectivity index (χ4v) is 1.13. The highest BCUT2D eigenvalue weighted by Gasteiger charge is 2.07. The average molecular weight is 183 g/mol. The molecule has 0 spiro atoms. The van der Waals surface area contributed by atoms with Gasteiger partial charge in [-0.15, -0.1) is 0 Å². The molecule has 6 nitrogen and oxygen atoms in total. The molecule has 2 rings (SSSR count). The highest BCUT2D eigenvalue weighted by Crippen LogP contribution is 1.98. The molecule has 1 N–H and O–H groups in total. The van der Waals surface area contributed by atoms with Gasteiger partial charge in [-0.3, -0.25) is 14.3 Å². The van der Waals surface area contributed by atoms with E-state index in [4.69, 9.17) is 4.11 Å². The molecule has 13 heavy (non-hydrogen) atoms. The summed E-state index contributed by atoms with van der Waals surface area (Å²) in [4.78, 5) is 29.2. The normalized spacial score (nSPS) is 15.3. The summed E-state index contributed by atoms with van der Waals surface area (Å²) in [6, 6.07) is 0. The number of aryl methyl sites for hydroxylation is 1. The minimum Gasteiger partial charge on any atom is -0.328 e. The molecular weight excluding hydrogens is 172 g/mol. The van der Waals surface area contributed by atoms with Gasteiger partial charge < -0.3 is 4.57 Å². The van der Waals surface area contributed by atoms with Gasteiger partial charge in [0.25, 0.3) is 5.56 Å². The van der Waals surface area contributed by atoms with E-state index in [1.165, 1.54) is 10.9 Å². The maximum absolute atomic E-state index is 11.8. The number of H-pyrrole nitrogens is 1. The van der Waals surface area contributed by atoms with Gasteiger partial charge in [0.15, 0.2) is 11.2 Å². The van der Waals surface area contributed by atoms with Crippen LogP contribution in [0.15, 0.2) is 15.9 Å². The van der Waals surface area contributed by atoms with Crippen LogP contribution in [0.3, 0.4) is 0 Å². The van der Waals surface area contributed by atoms with Gasteiger partial charge in [0.1, 0.15) is 0 Å². The molecule has 2 heterocycles. The second-order valence-corrected chi connectivity index (χ2v) is 2.62. The monoisotopic (exact) mass is 183 g/mol. The molecule has 2 aromatic rings. The molecule has 0 radical (unpaired) electrons. The number of aromatic nitrogens is 4. The molecule has 0 aliphatic rings. The zero-order valence-electron chi connectivity index (χ0n) is 9.74. The Hall–Kier alpha value is -1.85. The van der Waals surface area contributed by atoms with Crippen LogP contribution < -0.4 is 11.2 Å². The minimum absolute atomic E-state index is 0.0516. The number of imidazole rings is 1. The number of aromatic amines is 1. The van der Waals surface area contributed by atoms with E-state index in [9.17, 15) is 9.59 Å². The van der Waals surface area contributed by atoms with Crippen LogP contribution in [0, 0.1) is 0 Å². The minimum atomic E-state index is -2.80. The summed E-state index contributed by atoms with van der Waals surface area (Å²) in [6.45, 7) is -2.80. The van der Waals surface area contributed by atoms with E-state index in [2.05, 4.69) is 9.97 Å². The zero-order chi connectivity index (χ0) is 12.1. The lowest BCUT2D eigenvalue weighted by molar-refractivity contribution is 0.783. The molecule has 0 aliphatic carbocycles. The van der Waals surface area contributed by atoms with Gasteiger partial charge in [0, 0.05) is 18.1 Å². The van der Waals surface area contributed by atoms with Gasteiger partial charge in [0.05, 0.1) is 6.33 Å². The van der Waals surface area contributed by atoms with Gasteiger partial charge in [-0.1, -0.05) is 0 Å². The van der Waals surface area contributed by atoms with Crippen LogP contribution in [-0.2, 0) is 14.0 Å². The maximum atomic E-state index is 11.8. The molecule has 0 unspecified atom stereocenters. The SMILES string of the molecule is [2H]C([2H])([2H])n1c(=O)[nH]c2ncn(C)c2c1=O. The van der Waals surface area contributed by atoms with Crippen molar-refractivity contribution in [3.63, 3.8) is 0 Å². The van der Waals surface area contributed by atoms with Crippen molar-refractivity contribution in [2.24, 2.45) is 14.0 Å². The molecule has 0 saturated heterocycles. The number of hydrogen-bond donors (Lipinski definition) is 1. The van der Waals surface area contributed by atoms with Gasteiger partial charge in [-0.25, -0.2) is 9.78 Å². The molecule has 0 atom stereocenters. The maximum Gasteiger partial charge on any atom is 0.329 e. The van der Waals surface area contributed by atoms with Gasteiger partial charge in [-0.05, 0) is 0 Å². The van der Waals surface area contributed by atoms with Crippen molar-refractivity contribution in [2.75, 3.05) is 0 Å². The average Bonchev–Trinajstić information content (AvgIpc) is 2.44. The molecular formula is C7H8N4O2. The van der Waals surface area contributed by atoms with Crippen molar-refractivity contribution in [2.45, 2.75) is 0 Å². The van der Waals surface area contributed by atoms with E-state index in [0.29, 0.717) is 0 Å². The standard InChI is InChI=1S/C7H8N4O2/c1-10-3-8-5-4(10)6(12)11(2)7(13)9-5/h3H,1-2H3,(H,9,13)/i2D3. The first-order valence-electron chi connectivity index (χ1n) is 4.99. The van der Waals surface area contributed by atoms with Gasteiger partial charge >= 0.3 is 5.69 Å². The Balaban J connectivity index is 3.02. The van der Waals surface area contributed by atoms with E-state index in [1.54, 1.807) is 7.05 Å². The highest BCUT2D eigenvalue weighted by atomic mass is 16.2. The van der Waals surface area contributed by atoms with Crippen LogP contribution in [0.2, 0.25) is 0 Å². The lowest BCUT2D eigenvalue weighted by Gasteiger charge is -1.96. The summed E-state index contributed by atoms with van der Waals surface area (Å²) in [5, 5.41) is 0. The van der Waals surface area contributed by atoms with Crippen LogP contribution in [0.4, 0.5) is 0 Å². The highest BCUT2D eigenvalue weighted by molar-refractivity contribution is 5.68. The lowest BCUT2D eigenvalue weighted by Crippen LogP contribution is -2.33. The Morgan fingerprint density at radius 1 is 1.62 bits per heavy atom. The van der Waals surface area contributed by atoms with Crippen molar-refractivity contribution in [3.8, 4) is 0 Å². The zero-order valence-corrected chi connectivity index (χ0v) is 6.74. The summed E-state index contributed by atoms with van der Waals surface area (Å²) in [5.41, 5.74) is -1.73. The first-order chi connectivity index (χ1) is 7.32. The summed E-state index contributed by atoms with van der Waals surface area (Å²) in [6.07, 6.45) is 1.33. The Morgan fingerprint density at radius 3 is 3.08 bits per heavy atom. The summed E-state index contributed by atoms with van der Waals surface area (Å²) in [7, 11) is 1.54. The first kappa shape index (κ1) is 5.00. The third-order valence-corrected chi connectivity index (χ3v) is 1.77. The number of nitrogens with one attached hydrogen (secondary N) is 1. The van der Waals surface area contributed by atoms with Gasteiger partial charge in [-0.2, -0.15) is 0 Å². The Labute approximate surface area is 76.7 Å². The third-order valence-electron chi connectivity index (χ3n) is 1.77. The predicted molar refractivity (Wildman–Crippen MR) is 46.6 cm³/mol. The second-order valence-electron chi connectivity index (χ2n) is 2.62. The van der Waals surface area contributed by atoms with Crippen LogP contribution in [-0.4, -0.2) is 19.1 Å². The van der Waals surface area contributed by atoms with E-state index >= 15 is 0 Å². The molecule has 0 saturated carbocycles. The van der Waals surface area contributed by atoms with E-state index in [-0.39, 0.29) is 15.7 Å². The Morgan fingerprint density at radius 2 is 2.38 bits per heavy atom. The van der Waals surface area contributed by atoms with Crippen molar-refractivity contribution >= 4 is 11.2 Å². The summed E-state index contributed by atoms with van der Waals surface area (Å²) in [5.74, 6) is 0. The van der Waals surface area contributed by atoms with Crippen molar-refractivity contribution < 1.29 is 4.11 Å². The summed E-state index contributed by atoms with van der Waals surface area (Å²) < 4.78 is 22.9. The van der Waals surface area contributed by atoms with Gasteiger partial charge in [0.2, 0.25) is 0 Å². The molecule has 2 aromatic heterocycles. The second kappa shape index (κ2) is 2.32. The largest absolute Gasteiger partial charge is 0.329 e. The molecule has 0 bridgehead atoms. The van der Waals surface area contributed by atoms with Crippen molar-refractivity contribution in [1.29, 1.82) is 0 Å². The third kappa shape index (κ3) is 0.915. The van der Waals surface area contributed by atoms with E-state index in [0.717, 1.165) is 0 Å². The number of hydrogen-bond acceptors (Lipinski definition) is 3. The predicted octanol–water partition coefficient (Wildman–Crippen LogP) is -1.04. The van der Waals surface area contributed by atoms with Crippen LogP contribution in [0.1, 0.15) is 4.11 Å². The van der Waals surface area contributed by atoms with Crippen LogP contribution in [0.25, 0.3) is 11.2 Å². The lowest BCUT2D eigenvalue weighted by atomic mass is 10.5.